The molecule has 178 valence electrons. The van der Waals surface area contributed by atoms with Crippen molar-refractivity contribution in [2.45, 2.75) is 29.5 Å². The Labute approximate surface area is 195 Å². The van der Waals surface area contributed by atoms with E-state index < -0.39 is 38.4 Å². The van der Waals surface area contributed by atoms with Gasteiger partial charge in [-0.05, 0) is 49.6 Å². The van der Waals surface area contributed by atoms with Crippen LogP contribution in [0.3, 0.4) is 0 Å². The van der Waals surface area contributed by atoms with Gasteiger partial charge in [0, 0.05) is 22.8 Å². The SMILES string of the molecule is COc1cnc2c(Nc3ccc(F)c([C@]4(CF)CS(=O)(=O)C5(CCC5)C(N)=N4)c3)nccc2c1. The minimum atomic E-state index is -3.84. The van der Waals surface area contributed by atoms with Crippen LogP contribution in [0.25, 0.3) is 10.9 Å². The number of aromatic nitrogens is 2. The van der Waals surface area contributed by atoms with Crippen molar-refractivity contribution in [1.29, 1.82) is 0 Å². The second-order valence-corrected chi connectivity index (χ2v) is 11.0. The maximum atomic E-state index is 15.0. The van der Waals surface area contributed by atoms with Crippen LogP contribution >= 0.6 is 0 Å². The summed E-state index contributed by atoms with van der Waals surface area (Å²) in [4.78, 5) is 13.0. The number of nitrogens with zero attached hydrogens (tertiary/aromatic N) is 3. The first-order valence-electron chi connectivity index (χ1n) is 10.7. The highest BCUT2D eigenvalue weighted by Gasteiger charge is 2.59. The molecule has 0 amide bonds. The highest BCUT2D eigenvalue weighted by Crippen LogP contribution is 2.47. The Kier molecular flexibility index (Phi) is 5.19. The van der Waals surface area contributed by atoms with Crippen molar-refractivity contribution >= 4 is 38.1 Å². The van der Waals surface area contributed by atoms with Gasteiger partial charge in [-0.3, -0.25) is 4.99 Å². The third-order valence-electron chi connectivity index (χ3n) is 6.75. The lowest BCUT2D eigenvalue weighted by atomic mass is 9.82. The van der Waals surface area contributed by atoms with Crippen molar-refractivity contribution in [3.8, 4) is 5.75 Å². The van der Waals surface area contributed by atoms with Crippen LogP contribution in [0.5, 0.6) is 5.75 Å². The highest BCUT2D eigenvalue weighted by atomic mass is 32.2. The Bertz CT molecular complexity index is 1430. The molecule has 1 aliphatic heterocycles. The minimum Gasteiger partial charge on any atom is -0.495 e. The minimum absolute atomic E-state index is 0.144. The molecule has 1 fully saturated rings. The molecule has 1 aliphatic carbocycles. The molecule has 0 saturated heterocycles. The van der Waals surface area contributed by atoms with Crippen LogP contribution in [-0.2, 0) is 15.4 Å². The number of aliphatic imine (C=N–C) groups is 1. The molecule has 11 heteroatoms. The van der Waals surface area contributed by atoms with E-state index in [-0.39, 0.29) is 11.4 Å². The quantitative estimate of drug-likeness (QED) is 0.566. The third kappa shape index (κ3) is 3.29. The van der Waals surface area contributed by atoms with E-state index in [0.717, 1.165) is 11.5 Å². The third-order valence-corrected chi connectivity index (χ3v) is 9.41. The number of amidine groups is 1. The zero-order valence-electron chi connectivity index (χ0n) is 18.4. The molecule has 1 atom stereocenters. The predicted molar refractivity (Wildman–Crippen MR) is 125 cm³/mol. The molecule has 2 aromatic heterocycles. The second kappa shape index (κ2) is 7.86. The van der Waals surface area contributed by atoms with Gasteiger partial charge in [0.1, 0.15) is 39.9 Å². The van der Waals surface area contributed by atoms with Gasteiger partial charge in [0.25, 0.3) is 0 Å². The largest absolute Gasteiger partial charge is 0.495 e. The first-order valence-corrected chi connectivity index (χ1v) is 12.4. The van der Waals surface area contributed by atoms with Gasteiger partial charge in [-0.15, -0.1) is 0 Å². The average Bonchev–Trinajstić information content (AvgIpc) is 2.78. The number of ether oxygens (including phenoxy) is 1. The number of pyridine rings is 2. The van der Waals surface area contributed by atoms with Gasteiger partial charge in [0.15, 0.2) is 15.7 Å². The van der Waals surface area contributed by atoms with Gasteiger partial charge >= 0.3 is 0 Å². The Morgan fingerprint density at radius 2 is 2.00 bits per heavy atom. The first kappa shape index (κ1) is 22.5. The summed E-state index contributed by atoms with van der Waals surface area (Å²) >= 11 is 0. The van der Waals surface area contributed by atoms with Gasteiger partial charge in [-0.2, -0.15) is 0 Å². The zero-order valence-corrected chi connectivity index (χ0v) is 19.2. The molecule has 1 spiro atoms. The molecule has 1 saturated carbocycles. The van der Waals surface area contributed by atoms with Crippen LogP contribution < -0.4 is 15.8 Å². The van der Waals surface area contributed by atoms with Crippen molar-refractivity contribution in [1.82, 2.24) is 9.97 Å². The van der Waals surface area contributed by atoms with Crippen LogP contribution in [0.4, 0.5) is 20.3 Å². The lowest BCUT2D eigenvalue weighted by Gasteiger charge is -2.46. The summed E-state index contributed by atoms with van der Waals surface area (Å²) in [5, 5.41) is 3.84. The van der Waals surface area contributed by atoms with Gasteiger partial charge in [0.2, 0.25) is 0 Å². The molecule has 8 nitrogen and oxygen atoms in total. The van der Waals surface area contributed by atoms with E-state index in [1.807, 2.05) is 0 Å². The van der Waals surface area contributed by atoms with E-state index in [0.29, 0.717) is 42.0 Å². The summed E-state index contributed by atoms with van der Waals surface area (Å²) in [5.74, 6) is -0.593. The second-order valence-electron chi connectivity index (χ2n) is 8.70. The summed E-state index contributed by atoms with van der Waals surface area (Å²) < 4.78 is 59.7. The van der Waals surface area contributed by atoms with Gasteiger partial charge in [0.05, 0.1) is 19.1 Å². The van der Waals surface area contributed by atoms with Crippen LogP contribution in [-0.4, -0.2) is 48.5 Å². The Balaban J connectivity index is 1.57. The number of rotatable bonds is 5. The summed E-state index contributed by atoms with van der Waals surface area (Å²) in [5.41, 5.74) is 4.85. The first-order chi connectivity index (χ1) is 16.2. The number of hydrogen-bond acceptors (Lipinski definition) is 8. The van der Waals surface area contributed by atoms with Crippen molar-refractivity contribution in [3.63, 3.8) is 0 Å². The number of nitrogens with two attached hydrogens (primary N) is 1. The summed E-state index contributed by atoms with van der Waals surface area (Å²) in [6.45, 7) is -1.21. The fourth-order valence-electron chi connectivity index (χ4n) is 4.66. The van der Waals surface area contributed by atoms with Gasteiger partial charge in [-0.25, -0.2) is 27.2 Å². The van der Waals surface area contributed by atoms with E-state index in [9.17, 15) is 17.2 Å². The number of anilines is 2. The molecule has 2 aliphatic rings. The Morgan fingerprint density at radius 1 is 1.21 bits per heavy atom. The van der Waals surface area contributed by atoms with E-state index in [4.69, 9.17) is 10.5 Å². The number of halogens is 2. The smallest absolute Gasteiger partial charge is 0.166 e. The number of alkyl halides is 1. The van der Waals surface area contributed by atoms with E-state index in [1.165, 1.54) is 19.2 Å². The molecule has 0 bridgehead atoms. The molecular formula is C23H23F2N5O3S. The molecule has 0 unspecified atom stereocenters. The van der Waals surface area contributed by atoms with Crippen LogP contribution in [0.15, 0.2) is 47.7 Å². The zero-order chi connectivity index (χ0) is 24.1. The number of benzene rings is 1. The number of methoxy groups -OCH3 is 1. The Hall–Kier alpha value is -3.34. The monoisotopic (exact) mass is 487 g/mol. The number of nitrogens with one attached hydrogen (secondary N) is 1. The number of fused-ring (bicyclic) bond motifs is 1. The Morgan fingerprint density at radius 3 is 2.65 bits per heavy atom. The van der Waals surface area contributed by atoms with Crippen LogP contribution in [0.1, 0.15) is 24.8 Å². The highest BCUT2D eigenvalue weighted by molar-refractivity contribution is 7.93. The van der Waals surface area contributed by atoms with Crippen LogP contribution in [0, 0.1) is 5.82 Å². The standard InChI is InChI=1S/C23H23F2N5O3S/c1-33-16-9-14-5-8-27-20(19(14)28-11-16)29-15-3-4-18(25)17(10-15)22(12-24)13-34(31,32)23(6-2-7-23)21(26)30-22/h3-5,8-11H,2,6-7,12-13H2,1H3,(H2,26,30)(H,27,29)/t22-/m0/s1. The van der Waals surface area contributed by atoms with Crippen molar-refractivity contribution < 1.29 is 21.9 Å². The van der Waals surface area contributed by atoms with E-state index in [1.54, 1.807) is 24.5 Å². The molecule has 3 aromatic rings. The average molecular weight is 488 g/mol. The van der Waals surface area contributed by atoms with Gasteiger partial charge in [-0.1, -0.05) is 0 Å². The number of sulfone groups is 1. The van der Waals surface area contributed by atoms with E-state index >= 15 is 0 Å². The maximum absolute atomic E-state index is 15.0. The normalized spacial score (nSPS) is 22.7. The molecule has 34 heavy (non-hydrogen) atoms. The summed E-state index contributed by atoms with van der Waals surface area (Å²) in [7, 11) is -2.31. The maximum Gasteiger partial charge on any atom is 0.166 e. The lowest BCUT2D eigenvalue weighted by Crippen LogP contribution is -2.62. The molecule has 5 rings (SSSR count). The molecule has 0 radical (unpaired) electrons. The molecule has 3 N–H and O–H groups in total. The summed E-state index contributed by atoms with van der Waals surface area (Å²) in [6, 6.07) is 7.51. The lowest BCUT2D eigenvalue weighted by molar-refractivity contribution is 0.311. The van der Waals surface area contributed by atoms with Gasteiger partial charge < -0.3 is 15.8 Å². The predicted octanol–water partition coefficient (Wildman–Crippen LogP) is 3.39. The van der Waals surface area contributed by atoms with Crippen molar-refractivity contribution in [2.24, 2.45) is 10.7 Å². The molecule has 1 aromatic carbocycles. The fraction of sp³-hybridized carbons (Fsp3) is 0.348. The van der Waals surface area contributed by atoms with Crippen molar-refractivity contribution in [3.05, 3.63) is 54.1 Å². The molecule has 3 heterocycles. The van der Waals surface area contributed by atoms with E-state index in [2.05, 4.69) is 20.3 Å². The topological polar surface area (TPSA) is 120 Å². The van der Waals surface area contributed by atoms with Crippen molar-refractivity contribution in [2.75, 3.05) is 24.9 Å². The summed E-state index contributed by atoms with van der Waals surface area (Å²) in [6.07, 6.45) is 4.52. The van der Waals surface area contributed by atoms with Crippen LogP contribution in [0.2, 0.25) is 0 Å². The number of hydrogen-bond donors (Lipinski definition) is 2. The fourth-order valence-corrected chi connectivity index (χ4v) is 7.14. The molecular weight excluding hydrogens is 464 g/mol.